The Kier molecular flexibility index (Phi) is 8.23. The number of guanidine groups is 1. The van der Waals surface area contributed by atoms with E-state index in [1.165, 1.54) is 12.1 Å². The van der Waals surface area contributed by atoms with Crippen molar-refractivity contribution in [2.24, 2.45) is 4.99 Å². The molecule has 2 N–H and O–H groups in total. The molecule has 0 saturated carbocycles. The summed E-state index contributed by atoms with van der Waals surface area (Å²) in [5, 5.41) is 17.3. The van der Waals surface area contributed by atoms with Gasteiger partial charge < -0.3 is 20.1 Å². The third kappa shape index (κ3) is 6.88. The summed E-state index contributed by atoms with van der Waals surface area (Å²) >= 11 is 0. The molecule has 0 aliphatic heterocycles. The second kappa shape index (κ2) is 10.9. The highest BCUT2D eigenvalue weighted by Crippen LogP contribution is 2.13. The fraction of sp³-hybridized carbons (Fsp3) is 0.350. The van der Waals surface area contributed by atoms with Gasteiger partial charge >= 0.3 is 0 Å². The summed E-state index contributed by atoms with van der Waals surface area (Å²) in [5.41, 5.74) is 2.05. The number of non-ortho nitro benzene ring substituents is 1. The van der Waals surface area contributed by atoms with E-state index in [-0.39, 0.29) is 11.7 Å². The van der Waals surface area contributed by atoms with Crippen LogP contribution in [-0.2, 0) is 17.8 Å². The highest BCUT2D eigenvalue weighted by atomic mass is 16.6. The number of ether oxygens (including phenoxy) is 2. The summed E-state index contributed by atoms with van der Waals surface area (Å²) in [6.45, 7) is 3.53. The second-order valence-corrected chi connectivity index (χ2v) is 6.29. The van der Waals surface area contributed by atoms with Crippen molar-refractivity contribution in [2.75, 3.05) is 20.8 Å². The summed E-state index contributed by atoms with van der Waals surface area (Å²) in [6.07, 6.45) is 0. The SMILES string of the molecule is COCC(C)NC(=NCc1ccc(OC)cc1)NCc1ccc([N+](=O)[O-])cc1. The predicted octanol–water partition coefficient (Wildman–Crippen LogP) is 2.87. The third-order valence-electron chi connectivity index (χ3n) is 3.99. The van der Waals surface area contributed by atoms with Gasteiger partial charge in [0.2, 0.25) is 0 Å². The molecule has 2 aromatic carbocycles. The summed E-state index contributed by atoms with van der Waals surface area (Å²) in [6, 6.07) is 14.2. The van der Waals surface area contributed by atoms with Crippen molar-refractivity contribution in [3.8, 4) is 5.75 Å². The molecular weight excluding hydrogens is 360 g/mol. The van der Waals surface area contributed by atoms with Gasteiger partial charge in [-0.3, -0.25) is 10.1 Å². The number of methoxy groups -OCH3 is 2. The molecule has 28 heavy (non-hydrogen) atoms. The largest absolute Gasteiger partial charge is 0.497 e. The van der Waals surface area contributed by atoms with Crippen LogP contribution in [0, 0.1) is 10.1 Å². The maximum absolute atomic E-state index is 10.8. The molecule has 0 radical (unpaired) electrons. The van der Waals surface area contributed by atoms with Crippen molar-refractivity contribution in [1.29, 1.82) is 0 Å². The fourth-order valence-electron chi connectivity index (χ4n) is 2.50. The lowest BCUT2D eigenvalue weighted by Crippen LogP contribution is -2.43. The van der Waals surface area contributed by atoms with Gasteiger partial charge in [0.25, 0.3) is 5.69 Å². The Balaban J connectivity index is 2.03. The predicted molar refractivity (Wildman–Crippen MR) is 109 cm³/mol. The summed E-state index contributed by atoms with van der Waals surface area (Å²) in [4.78, 5) is 15.0. The lowest BCUT2D eigenvalue weighted by atomic mass is 10.2. The molecule has 0 fully saturated rings. The van der Waals surface area contributed by atoms with Crippen LogP contribution in [0.1, 0.15) is 18.1 Å². The first-order valence-electron chi connectivity index (χ1n) is 8.92. The van der Waals surface area contributed by atoms with Crippen molar-refractivity contribution in [3.05, 3.63) is 69.8 Å². The zero-order valence-corrected chi connectivity index (χ0v) is 16.3. The van der Waals surface area contributed by atoms with E-state index in [1.807, 2.05) is 31.2 Å². The average Bonchev–Trinajstić information content (AvgIpc) is 2.71. The molecule has 1 atom stereocenters. The highest BCUT2D eigenvalue weighted by molar-refractivity contribution is 5.80. The van der Waals surface area contributed by atoms with Crippen LogP contribution in [-0.4, -0.2) is 37.8 Å². The minimum Gasteiger partial charge on any atom is -0.497 e. The van der Waals surface area contributed by atoms with Crippen LogP contribution in [0.4, 0.5) is 5.69 Å². The smallest absolute Gasteiger partial charge is 0.269 e. The van der Waals surface area contributed by atoms with E-state index in [0.717, 1.165) is 16.9 Å². The number of benzene rings is 2. The Labute approximate surface area is 164 Å². The highest BCUT2D eigenvalue weighted by Gasteiger charge is 2.07. The van der Waals surface area contributed by atoms with Crippen LogP contribution >= 0.6 is 0 Å². The second-order valence-electron chi connectivity index (χ2n) is 6.29. The van der Waals surface area contributed by atoms with Crippen LogP contribution in [0.2, 0.25) is 0 Å². The van der Waals surface area contributed by atoms with E-state index in [9.17, 15) is 10.1 Å². The number of hydrogen-bond donors (Lipinski definition) is 2. The summed E-state index contributed by atoms with van der Waals surface area (Å²) in [5.74, 6) is 1.44. The molecular formula is C20H26N4O4. The van der Waals surface area contributed by atoms with Crippen molar-refractivity contribution < 1.29 is 14.4 Å². The topological polar surface area (TPSA) is 98.0 Å². The van der Waals surface area contributed by atoms with E-state index in [4.69, 9.17) is 9.47 Å². The Morgan fingerprint density at radius 3 is 2.32 bits per heavy atom. The molecule has 150 valence electrons. The summed E-state index contributed by atoms with van der Waals surface area (Å²) < 4.78 is 10.3. The number of rotatable bonds is 9. The minimum absolute atomic E-state index is 0.0731. The molecule has 0 amide bonds. The van der Waals surface area contributed by atoms with Gasteiger partial charge in [0.1, 0.15) is 5.75 Å². The first-order chi connectivity index (χ1) is 13.5. The molecule has 8 nitrogen and oxygen atoms in total. The zero-order valence-electron chi connectivity index (χ0n) is 16.3. The van der Waals surface area contributed by atoms with Gasteiger partial charge in [-0.15, -0.1) is 0 Å². The number of hydrogen-bond acceptors (Lipinski definition) is 5. The Morgan fingerprint density at radius 2 is 1.75 bits per heavy atom. The lowest BCUT2D eigenvalue weighted by Gasteiger charge is -2.18. The van der Waals surface area contributed by atoms with Crippen LogP contribution < -0.4 is 15.4 Å². The number of nitro groups is 1. The fourth-order valence-corrected chi connectivity index (χ4v) is 2.50. The molecule has 0 aliphatic rings. The average molecular weight is 386 g/mol. The lowest BCUT2D eigenvalue weighted by molar-refractivity contribution is -0.384. The Bertz CT molecular complexity index is 776. The number of nitrogens with zero attached hydrogens (tertiary/aromatic N) is 2. The van der Waals surface area contributed by atoms with Crippen LogP contribution in [0.3, 0.4) is 0 Å². The van der Waals surface area contributed by atoms with Gasteiger partial charge in [-0.25, -0.2) is 4.99 Å². The Morgan fingerprint density at radius 1 is 1.11 bits per heavy atom. The van der Waals surface area contributed by atoms with E-state index in [2.05, 4.69) is 15.6 Å². The number of nitro benzene ring substituents is 1. The van der Waals surface area contributed by atoms with Crippen LogP contribution in [0.25, 0.3) is 0 Å². The van der Waals surface area contributed by atoms with Gasteiger partial charge in [0.05, 0.1) is 25.2 Å². The first-order valence-corrected chi connectivity index (χ1v) is 8.92. The minimum atomic E-state index is -0.410. The number of nitrogens with one attached hydrogen (secondary N) is 2. The van der Waals surface area contributed by atoms with E-state index in [0.29, 0.717) is 25.7 Å². The normalized spacial score (nSPS) is 12.3. The van der Waals surface area contributed by atoms with Crippen LogP contribution in [0.15, 0.2) is 53.5 Å². The summed E-state index contributed by atoms with van der Waals surface area (Å²) in [7, 11) is 3.28. The van der Waals surface area contributed by atoms with E-state index in [1.54, 1.807) is 26.4 Å². The van der Waals surface area contributed by atoms with E-state index >= 15 is 0 Å². The van der Waals surface area contributed by atoms with Crippen molar-refractivity contribution in [1.82, 2.24) is 10.6 Å². The van der Waals surface area contributed by atoms with Gasteiger partial charge in [-0.05, 0) is 30.2 Å². The number of aliphatic imine (C=N–C) groups is 1. The maximum Gasteiger partial charge on any atom is 0.269 e. The van der Waals surface area contributed by atoms with Crippen molar-refractivity contribution in [3.63, 3.8) is 0 Å². The van der Waals surface area contributed by atoms with Crippen molar-refractivity contribution >= 4 is 11.6 Å². The molecule has 8 heteroatoms. The first kappa shape index (κ1) is 21.2. The van der Waals surface area contributed by atoms with Gasteiger partial charge in [0.15, 0.2) is 5.96 Å². The maximum atomic E-state index is 10.8. The molecule has 2 aromatic rings. The monoisotopic (exact) mass is 386 g/mol. The molecule has 0 aromatic heterocycles. The molecule has 0 saturated heterocycles. The third-order valence-corrected chi connectivity index (χ3v) is 3.99. The van der Waals surface area contributed by atoms with Gasteiger partial charge in [0, 0.05) is 31.8 Å². The molecule has 1 unspecified atom stereocenters. The zero-order chi connectivity index (χ0) is 20.4. The van der Waals surface area contributed by atoms with Crippen molar-refractivity contribution in [2.45, 2.75) is 26.1 Å². The van der Waals surface area contributed by atoms with Gasteiger partial charge in [-0.2, -0.15) is 0 Å². The van der Waals surface area contributed by atoms with Gasteiger partial charge in [-0.1, -0.05) is 24.3 Å². The molecule has 0 bridgehead atoms. The van der Waals surface area contributed by atoms with E-state index < -0.39 is 4.92 Å². The molecule has 0 aliphatic carbocycles. The molecule has 0 heterocycles. The van der Waals surface area contributed by atoms with Crippen LogP contribution in [0.5, 0.6) is 5.75 Å². The quantitative estimate of drug-likeness (QED) is 0.298. The Hall–Kier alpha value is -3.13. The molecule has 2 rings (SSSR count). The molecule has 0 spiro atoms. The standard InChI is InChI=1S/C20H26N4O4/c1-15(14-27-2)23-20(22-13-17-6-10-19(28-3)11-7-17)21-12-16-4-8-18(9-5-16)24(25)26/h4-11,15H,12-14H2,1-3H3,(H2,21,22,23).